The Labute approximate surface area is 174 Å². The van der Waals surface area contributed by atoms with Crippen LogP contribution in [0.1, 0.15) is 77.6 Å². The van der Waals surface area contributed by atoms with E-state index in [-0.39, 0.29) is 0 Å². The van der Waals surface area contributed by atoms with E-state index < -0.39 is 0 Å². The van der Waals surface area contributed by atoms with E-state index in [9.17, 15) is 0 Å². The van der Waals surface area contributed by atoms with Crippen LogP contribution in [0.3, 0.4) is 0 Å². The van der Waals surface area contributed by atoms with E-state index in [1.807, 2.05) is 0 Å². The third-order valence-corrected chi connectivity index (χ3v) is 4.47. The van der Waals surface area contributed by atoms with Gasteiger partial charge in [0.05, 0.1) is 52.5 Å². The highest BCUT2D eigenvalue weighted by Crippen LogP contribution is 2.11. The minimum atomic E-state index is 0.534. The summed E-state index contributed by atoms with van der Waals surface area (Å²) in [6.07, 6.45) is 16.4. The van der Waals surface area contributed by atoms with Gasteiger partial charge in [-0.25, -0.2) is 0 Å². The summed E-state index contributed by atoms with van der Waals surface area (Å²) in [7, 11) is 0. The number of rotatable bonds is 25. The van der Waals surface area contributed by atoms with Crippen LogP contribution in [0.2, 0.25) is 0 Å². The largest absolute Gasteiger partial charge is 0.499 e. The van der Waals surface area contributed by atoms with Crippen molar-refractivity contribution in [2.45, 2.75) is 77.6 Å². The van der Waals surface area contributed by atoms with Crippen LogP contribution < -0.4 is 0 Å². The van der Waals surface area contributed by atoms with Crippen LogP contribution in [-0.4, -0.2) is 59.5 Å². The molecule has 28 heavy (non-hydrogen) atoms. The first-order chi connectivity index (χ1) is 13.9. The molecular weight excluding hydrogens is 356 g/mol. The van der Waals surface area contributed by atoms with Gasteiger partial charge in [-0.15, -0.1) is 0 Å². The first kappa shape index (κ1) is 27.4. The molecule has 0 spiro atoms. The smallest absolute Gasteiger partial charge is 0.111 e. The summed E-state index contributed by atoms with van der Waals surface area (Å²) in [6, 6.07) is 0. The Kier molecular flexibility index (Phi) is 25.8. The van der Waals surface area contributed by atoms with E-state index in [4.69, 9.17) is 23.7 Å². The van der Waals surface area contributed by atoms with E-state index in [1.54, 1.807) is 0 Å². The molecule has 0 aromatic rings. The van der Waals surface area contributed by atoms with E-state index in [2.05, 4.69) is 13.5 Å². The summed E-state index contributed by atoms with van der Waals surface area (Å²) in [5.41, 5.74) is 0. The van der Waals surface area contributed by atoms with Crippen molar-refractivity contribution in [1.82, 2.24) is 0 Å². The second-order valence-electron chi connectivity index (χ2n) is 7.02. The number of hydrogen-bond donors (Lipinski definition) is 0. The van der Waals surface area contributed by atoms with Crippen molar-refractivity contribution in [2.24, 2.45) is 0 Å². The van der Waals surface area contributed by atoms with Gasteiger partial charge in [0.15, 0.2) is 0 Å². The molecule has 0 saturated heterocycles. The molecule has 0 aliphatic heterocycles. The Morgan fingerprint density at radius 3 is 1.25 bits per heavy atom. The van der Waals surface area contributed by atoms with Crippen LogP contribution in [0.5, 0.6) is 0 Å². The fourth-order valence-electron chi connectivity index (χ4n) is 2.82. The standard InChI is InChI=1S/C23H46O5/c1-3-5-6-7-8-9-10-11-12-13-14-15-25-18-19-27-22-23-28-21-20-26-17-16-24-4-2/h4H,2-3,5-23H2,1H3. The summed E-state index contributed by atoms with van der Waals surface area (Å²) >= 11 is 0. The minimum Gasteiger partial charge on any atom is -0.499 e. The molecule has 0 saturated carbocycles. The lowest BCUT2D eigenvalue weighted by molar-refractivity contribution is -0.00638. The highest BCUT2D eigenvalue weighted by atomic mass is 16.6. The monoisotopic (exact) mass is 402 g/mol. The van der Waals surface area contributed by atoms with Crippen LogP contribution in [0.15, 0.2) is 12.8 Å². The summed E-state index contributed by atoms with van der Waals surface area (Å²) in [4.78, 5) is 0. The molecule has 168 valence electrons. The Morgan fingerprint density at radius 2 is 0.821 bits per heavy atom. The van der Waals surface area contributed by atoms with E-state index in [1.165, 1.54) is 70.5 Å². The van der Waals surface area contributed by atoms with Gasteiger partial charge in [-0.2, -0.15) is 0 Å². The van der Waals surface area contributed by atoms with Gasteiger partial charge in [0.25, 0.3) is 0 Å². The van der Waals surface area contributed by atoms with Crippen molar-refractivity contribution < 1.29 is 23.7 Å². The molecule has 0 radical (unpaired) electrons. The van der Waals surface area contributed by atoms with Crippen molar-refractivity contribution >= 4 is 0 Å². The van der Waals surface area contributed by atoms with Crippen molar-refractivity contribution in [3.63, 3.8) is 0 Å². The SMILES string of the molecule is C=COCCOCCOCCOCCOCCCCCCCCCCCCC. The molecule has 0 aliphatic carbocycles. The van der Waals surface area contributed by atoms with Gasteiger partial charge in [-0.1, -0.05) is 77.7 Å². The van der Waals surface area contributed by atoms with E-state index in [0.29, 0.717) is 52.9 Å². The van der Waals surface area contributed by atoms with Gasteiger partial charge in [0.1, 0.15) is 6.61 Å². The quantitative estimate of drug-likeness (QED) is 0.148. The Bertz CT molecular complexity index is 286. The molecule has 5 heteroatoms. The Hall–Kier alpha value is -0.620. The normalized spacial score (nSPS) is 11.0. The lowest BCUT2D eigenvalue weighted by atomic mass is 10.1. The maximum Gasteiger partial charge on any atom is 0.111 e. The second kappa shape index (κ2) is 26.4. The van der Waals surface area contributed by atoms with E-state index in [0.717, 1.165) is 13.0 Å². The Morgan fingerprint density at radius 1 is 0.464 bits per heavy atom. The zero-order chi connectivity index (χ0) is 20.4. The molecule has 0 aromatic heterocycles. The molecule has 5 nitrogen and oxygen atoms in total. The van der Waals surface area contributed by atoms with E-state index >= 15 is 0 Å². The topological polar surface area (TPSA) is 46.2 Å². The van der Waals surface area contributed by atoms with Crippen molar-refractivity contribution in [2.75, 3.05) is 59.5 Å². The lowest BCUT2D eigenvalue weighted by Gasteiger charge is -2.07. The summed E-state index contributed by atoms with van der Waals surface area (Å²) < 4.78 is 26.8. The molecule has 0 aromatic carbocycles. The molecule has 0 bridgehead atoms. The molecule has 0 atom stereocenters. The van der Waals surface area contributed by atoms with Crippen LogP contribution in [0, 0.1) is 0 Å². The highest BCUT2D eigenvalue weighted by Gasteiger charge is 1.95. The van der Waals surface area contributed by atoms with Crippen LogP contribution >= 0.6 is 0 Å². The lowest BCUT2D eigenvalue weighted by Crippen LogP contribution is -2.13. The van der Waals surface area contributed by atoms with Gasteiger partial charge in [0, 0.05) is 6.61 Å². The molecule has 0 rings (SSSR count). The predicted octanol–water partition coefficient (Wildman–Crippen LogP) is 5.52. The molecular formula is C23H46O5. The van der Waals surface area contributed by atoms with Gasteiger partial charge >= 0.3 is 0 Å². The predicted molar refractivity (Wildman–Crippen MR) is 116 cm³/mol. The first-order valence-corrected chi connectivity index (χ1v) is 11.4. The highest BCUT2D eigenvalue weighted by molar-refractivity contribution is 4.48. The average Bonchev–Trinajstić information content (AvgIpc) is 2.71. The molecule has 0 aliphatic rings. The van der Waals surface area contributed by atoms with Crippen molar-refractivity contribution in [3.05, 3.63) is 12.8 Å². The molecule has 0 unspecified atom stereocenters. The summed E-state index contributed by atoms with van der Waals surface area (Å²) in [5, 5.41) is 0. The fraction of sp³-hybridized carbons (Fsp3) is 0.913. The maximum absolute atomic E-state index is 5.60. The zero-order valence-electron chi connectivity index (χ0n) is 18.5. The van der Waals surface area contributed by atoms with Gasteiger partial charge in [-0.05, 0) is 6.42 Å². The minimum absolute atomic E-state index is 0.534. The number of ether oxygens (including phenoxy) is 5. The van der Waals surface area contributed by atoms with Crippen LogP contribution in [0.25, 0.3) is 0 Å². The van der Waals surface area contributed by atoms with Gasteiger partial charge in [0.2, 0.25) is 0 Å². The van der Waals surface area contributed by atoms with Gasteiger partial charge in [-0.3, -0.25) is 0 Å². The van der Waals surface area contributed by atoms with Gasteiger partial charge < -0.3 is 23.7 Å². The van der Waals surface area contributed by atoms with Crippen molar-refractivity contribution in [1.29, 1.82) is 0 Å². The zero-order valence-corrected chi connectivity index (χ0v) is 18.5. The molecule has 0 N–H and O–H groups in total. The van der Waals surface area contributed by atoms with Crippen molar-refractivity contribution in [3.8, 4) is 0 Å². The third-order valence-electron chi connectivity index (χ3n) is 4.47. The second-order valence-corrected chi connectivity index (χ2v) is 7.02. The number of unbranched alkanes of at least 4 members (excludes halogenated alkanes) is 10. The third kappa shape index (κ3) is 25.4. The summed E-state index contributed by atoms with van der Waals surface area (Å²) in [6.45, 7) is 11.3. The molecule has 0 amide bonds. The summed E-state index contributed by atoms with van der Waals surface area (Å²) in [5.74, 6) is 0. The average molecular weight is 403 g/mol. The fourth-order valence-corrected chi connectivity index (χ4v) is 2.82. The van der Waals surface area contributed by atoms with Crippen LogP contribution in [-0.2, 0) is 23.7 Å². The molecule has 0 heterocycles. The van der Waals surface area contributed by atoms with Crippen LogP contribution in [0.4, 0.5) is 0 Å². The Balaban J connectivity index is 2.97. The maximum atomic E-state index is 5.60. The molecule has 0 fully saturated rings. The number of hydrogen-bond acceptors (Lipinski definition) is 5. The first-order valence-electron chi connectivity index (χ1n) is 11.4.